The van der Waals surface area contributed by atoms with Gasteiger partial charge in [-0.15, -0.1) is 11.8 Å². The van der Waals surface area contributed by atoms with Gasteiger partial charge in [0.1, 0.15) is 5.75 Å². The van der Waals surface area contributed by atoms with E-state index in [-0.39, 0.29) is 0 Å². The molecule has 0 amide bonds. The molecule has 104 valence electrons. The molecule has 3 aromatic rings. The van der Waals surface area contributed by atoms with Crippen LogP contribution in [0.25, 0.3) is 16.7 Å². The predicted octanol–water partition coefficient (Wildman–Crippen LogP) is 3.83. The van der Waals surface area contributed by atoms with Gasteiger partial charge in [-0.1, -0.05) is 0 Å². The number of aromatic nitrogens is 2. The molecule has 0 spiro atoms. The molecule has 2 aromatic heterocycles. The molecule has 0 aliphatic heterocycles. The number of rotatable bonds is 4. The van der Waals surface area contributed by atoms with Gasteiger partial charge in [-0.3, -0.25) is 4.57 Å². The SMILES string of the molecule is COc1ccc(-n2c(OC)cc3c(SC)snc32)cc1. The Morgan fingerprint density at radius 3 is 2.50 bits per heavy atom. The lowest BCUT2D eigenvalue weighted by atomic mass is 10.3. The molecule has 0 aliphatic carbocycles. The third-order valence-corrected chi connectivity index (χ3v) is 5.07. The van der Waals surface area contributed by atoms with Crippen molar-refractivity contribution in [3.8, 4) is 17.3 Å². The summed E-state index contributed by atoms with van der Waals surface area (Å²) in [5, 5.41) is 1.13. The van der Waals surface area contributed by atoms with Gasteiger partial charge < -0.3 is 9.47 Å². The van der Waals surface area contributed by atoms with E-state index >= 15 is 0 Å². The number of methoxy groups -OCH3 is 2. The summed E-state index contributed by atoms with van der Waals surface area (Å²) in [6, 6.07) is 9.90. The fraction of sp³-hybridized carbons (Fsp3) is 0.214. The van der Waals surface area contributed by atoms with E-state index in [2.05, 4.69) is 10.6 Å². The summed E-state index contributed by atoms with van der Waals surface area (Å²) in [7, 11) is 3.34. The van der Waals surface area contributed by atoms with Crippen LogP contribution in [0.2, 0.25) is 0 Å². The van der Waals surface area contributed by atoms with Gasteiger partial charge in [0.05, 0.1) is 24.1 Å². The Morgan fingerprint density at radius 2 is 1.90 bits per heavy atom. The van der Waals surface area contributed by atoms with Crippen molar-refractivity contribution in [2.24, 2.45) is 0 Å². The second-order valence-corrected chi connectivity index (χ2v) is 5.98. The van der Waals surface area contributed by atoms with Gasteiger partial charge in [0.2, 0.25) is 0 Å². The number of hydrogen-bond acceptors (Lipinski definition) is 5. The van der Waals surface area contributed by atoms with Gasteiger partial charge >= 0.3 is 0 Å². The second kappa shape index (κ2) is 5.38. The number of thioether (sulfide) groups is 1. The molecule has 0 saturated heterocycles. The summed E-state index contributed by atoms with van der Waals surface area (Å²) in [4.78, 5) is 0. The smallest absolute Gasteiger partial charge is 0.200 e. The van der Waals surface area contributed by atoms with Crippen LogP contribution < -0.4 is 9.47 Å². The molecular weight excluding hydrogens is 292 g/mol. The van der Waals surface area contributed by atoms with E-state index in [1.807, 2.05) is 34.9 Å². The van der Waals surface area contributed by atoms with Crippen LogP contribution in [-0.4, -0.2) is 29.4 Å². The van der Waals surface area contributed by atoms with Gasteiger partial charge in [0.15, 0.2) is 11.5 Å². The average Bonchev–Trinajstić information content (AvgIpc) is 3.05. The van der Waals surface area contributed by atoms with Gasteiger partial charge in [0.25, 0.3) is 0 Å². The van der Waals surface area contributed by atoms with Crippen LogP contribution in [0.1, 0.15) is 0 Å². The lowest BCUT2D eigenvalue weighted by molar-refractivity contribution is 0.391. The summed E-state index contributed by atoms with van der Waals surface area (Å²) in [5.41, 5.74) is 1.94. The topological polar surface area (TPSA) is 36.3 Å². The fourth-order valence-electron chi connectivity index (χ4n) is 2.13. The summed E-state index contributed by atoms with van der Waals surface area (Å²) in [6.45, 7) is 0. The number of fused-ring (bicyclic) bond motifs is 1. The number of ether oxygens (including phenoxy) is 2. The van der Waals surface area contributed by atoms with Crippen molar-refractivity contribution in [2.75, 3.05) is 20.5 Å². The molecule has 0 bridgehead atoms. The van der Waals surface area contributed by atoms with Crippen molar-refractivity contribution in [3.05, 3.63) is 30.3 Å². The Hall–Kier alpha value is -1.66. The van der Waals surface area contributed by atoms with Crippen molar-refractivity contribution < 1.29 is 9.47 Å². The third kappa shape index (κ3) is 2.05. The maximum atomic E-state index is 5.49. The first kappa shape index (κ1) is 13.3. The van der Waals surface area contributed by atoms with E-state index in [9.17, 15) is 0 Å². The number of benzene rings is 1. The van der Waals surface area contributed by atoms with Gasteiger partial charge in [-0.05, 0) is 42.1 Å². The number of nitrogens with zero attached hydrogens (tertiary/aromatic N) is 2. The first-order valence-electron chi connectivity index (χ1n) is 6.02. The van der Waals surface area contributed by atoms with E-state index in [1.165, 1.54) is 15.7 Å². The van der Waals surface area contributed by atoms with Gasteiger partial charge in [-0.25, -0.2) is 0 Å². The quantitative estimate of drug-likeness (QED) is 0.686. The minimum absolute atomic E-state index is 0.788. The molecule has 0 saturated carbocycles. The molecule has 2 heterocycles. The van der Waals surface area contributed by atoms with E-state index in [1.54, 1.807) is 26.0 Å². The Kier molecular flexibility index (Phi) is 3.58. The maximum absolute atomic E-state index is 5.49. The van der Waals surface area contributed by atoms with Crippen LogP contribution in [0.4, 0.5) is 0 Å². The zero-order chi connectivity index (χ0) is 14.1. The molecule has 0 unspecified atom stereocenters. The molecule has 0 radical (unpaired) electrons. The second-order valence-electron chi connectivity index (χ2n) is 4.13. The first-order valence-corrected chi connectivity index (χ1v) is 8.02. The highest BCUT2D eigenvalue weighted by Gasteiger charge is 2.17. The number of hydrogen-bond donors (Lipinski definition) is 0. The highest BCUT2D eigenvalue weighted by Crippen LogP contribution is 2.37. The van der Waals surface area contributed by atoms with Crippen LogP contribution >= 0.6 is 23.3 Å². The molecule has 0 atom stereocenters. The lowest BCUT2D eigenvalue weighted by Gasteiger charge is -2.08. The maximum Gasteiger partial charge on any atom is 0.200 e. The zero-order valence-corrected chi connectivity index (χ0v) is 13.0. The molecule has 0 N–H and O–H groups in total. The van der Waals surface area contributed by atoms with E-state index in [0.29, 0.717) is 0 Å². The Labute approximate surface area is 125 Å². The fourth-order valence-corrected chi connectivity index (χ4v) is 3.51. The van der Waals surface area contributed by atoms with E-state index < -0.39 is 0 Å². The first-order chi connectivity index (χ1) is 9.78. The van der Waals surface area contributed by atoms with E-state index in [0.717, 1.165) is 28.4 Å². The molecule has 6 heteroatoms. The largest absolute Gasteiger partial charge is 0.497 e. The van der Waals surface area contributed by atoms with Crippen LogP contribution in [0, 0.1) is 0 Å². The minimum atomic E-state index is 0.788. The molecular formula is C14H14N2O2S2. The van der Waals surface area contributed by atoms with Crippen LogP contribution in [-0.2, 0) is 0 Å². The third-order valence-electron chi connectivity index (χ3n) is 3.10. The van der Waals surface area contributed by atoms with Crippen LogP contribution in [0.5, 0.6) is 11.6 Å². The van der Waals surface area contributed by atoms with Crippen molar-refractivity contribution in [3.63, 3.8) is 0 Å². The molecule has 4 nitrogen and oxygen atoms in total. The van der Waals surface area contributed by atoms with Crippen molar-refractivity contribution in [2.45, 2.75) is 4.21 Å². The summed E-state index contributed by atoms with van der Waals surface area (Å²) in [5.74, 6) is 1.62. The predicted molar refractivity (Wildman–Crippen MR) is 83.8 cm³/mol. The highest BCUT2D eigenvalue weighted by molar-refractivity contribution is 8.00. The minimum Gasteiger partial charge on any atom is -0.497 e. The normalized spacial score (nSPS) is 10.9. The Balaban J connectivity index is 2.19. The summed E-state index contributed by atoms with van der Waals surface area (Å²) < 4.78 is 18.4. The van der Waals surface area contributed by atoms with Crippen molar-refractivity contribution in [1.82, 2.24) is 8.94 Å². The van der Waals surface area contributed by atoms with Crippen molar-refractivity contribution >= 4 is 34.3 Å². The Bertz CT molecular complexity index is 732. The summed E-state index contributed by atoms with van der Waals surface area (Å²) in [6.07, 6.45) is 2.06. The van der Waals surface area contributed by atoms with Gasteiger partial charge in [-0.2, -0.15) is 4.37 Å². The van der Waals surface area contributed by atoms with Crippen molar-refractivity contribution in [1.29, 1.82) is 0 Å². The zero-order valence-electron chi connectivity index (χ0n) is 11.4. The highest BCUT2D eigenvalue weighted by atomic mass is 32.2. The van der Waals surface area contributed by atoms with Crippen LogP contribution in [0.3, 0.4) is 0 Å². The average molecular weight is 306 g/mol. The Morgan fingerprint density at radius 1 is 1.15 bits per heavy atom. The lowest BCUT2D eigenvalue weighted by Crippen LogP contribution is -1.97. The molecule has 0 aliphatic rings. The molecule has 1 aromatic carbocycles. The standard InChI is InChI=1S/C14H14N2O2S2/c1-17-10-6-4-9(5-7-10)16-12(18-2)8-11-13(16)15-20-14(11)19-3/h4-8H,1-3H3. The summed E-state index contributed by atoms with van der Waals surface area (Å²) >= 11 is 3.22. The van der Waals surface area contributed by atoms with Gasteiger partial charge in [0, 0.05) is 11.5 Å². The molecule has 20 heavy (non-hydrogen) atoms. The van der Waals surface area contributed by atoms with Crippen LogP contribution in [0.15, 0.2) is 34.5 Å². The molecule has 3 rings (SSSR count). The molecule has 0 fully saturated rings. The van der Waals surface area contributed by atoms with E-state index in [4.69, 9.17) is 9.47 Å². The monoisotopic (exact) mass is 306 g/mol.